The molecule has 3 aliphatic heterocycles. The van der Waals surface area contributed by atoms with E-state index in [1.165, 1.54) is 117 Å². The molecule has 0 amide bonds. The van der Waals surface area contributed by atoms with Gasteiger partial charge < -0.3 is 4.90 Å². The number of rotatable bonds is 2. The maximum atomic E-state index is 2.72. The van der Waals surface area contributed by atoms with Gasteiger partial charge in [0.2, 0.25) is 13.4 Å². The highest BCUT2D eigenvalue weighted by molar-refractivity contribution is 7.02. The topological polar surface area (TPSA) is 3.24 Å². The summed E-state index contributed by atoms with van der Waals surface area (Å²) < 4.78 is 0. The Morgan fingerprint density at radius 3 is 1.15 bits per heavy atom. The SMILES string of the molecule is Cc1cc(C)c(B2c3cccc4c3N3c5c2cccc5C2(c5ccccc5-c5ccccc52)c2cccc(c23)B4c2c(C)cc(C)cc2C)c(C)c1. The van der Waals surface area contributed by atoms with E-state index in [0.29, 0.717) is 0 Å². The van der Waals surface area contributed by atoms with Crippen LogP contribution in [0.2, 0.25) is 0 Å². The molecule has 0 N–H and O–H groups in total. The highest BCUT2D eigenvalue weighted by Crippen LogP contribution is 2.63. The van der Waals surface area contributed by atoms with Crippen molar-refractivity contribution in [2.24, 2.45) is 0 Å². The quantitative estimate of drug-likeness (QED) is 0.175. The van der Waals surface area contributed by atoms with Gasteiger partial charge in [-0.25, -0.2) is 0 Å². The molecule has 3 heterocycles. The van der Waals surface area contributed by atoms with Gasteiger partial charge in [0.1, 0.15) is 0 Å². The summed E-state index contributed by atoms with van der Waals surface area (Å²) in [5.74, 6) is 0. The van der Waals surface area contributed by atoms with Gasteiger partial charge in [0.25, 0.3) is 0 Å². The number of para-hydroxylation sites is 3. The Morgan fingerprint density at radius 2 is 0.731 bits per heavy atom. The third kappa shape index (κ3) is 3.52. The predicted molar refractivity (Wildman–Crippen MR) is 223 cm³/mol. The van der Waals surface area contributed by atoms with E-state index in [2.05, 4.69) is 174 Å². The molecule has 0 aromatic heterocycles. The molecule has 1 spiro atoms. The Bertz CT molecular complexity index is 2510. The molecular weight excluding hydrogens is 624 g/mol. The summed E-state index contributed by atoms with van der Waals surface area (Å²) in [6.45, 7) is 14.0. The second kappa shape index (κ2) is 10.3. The van der Waals surface area contributed by atoms with Crippen LogP contribution in [0.1, 0.15) is 55.6 Å². The van der Waals surface area contributed by atoms with Crippen LogP contribution in [0.3, 0.4) is 0 Å². The van der Waals surface area contributed by atoms with Crippen molar-refractivity contribution in [3.8, 4) is 11.1 Å². The van der Waals surface area contributed by atoms with Gasteiger partial charge in [-0.15, -0.1) is 0 Å². The lowest BCUT2D eigenvalue weighted by atomic mass is 9.28. The molecule has 11 rings (SSSR count). The Morgan fingerprint density at radius 1 is 0.385 bits per heavy atom. The smallest absolute Gasteiger partial charge is 0.247 e. The molecule has 0 bridgehead atoms. The van der Waals surface area contributed by atoms with Crippen molar-refractivity contribution in [1.82, 2.24) is 0 Å². The maximum Gasteiger partial charge on any atom is 0.247 e. The number of hydrogen-bond donors (Lipinski definition) is 0. The summed E-state index contributed by atoms with van der Waals surface area (Å²) in [6, 6.07) is 49.7. The summed E-state index contributed by atoms with van der Waals surface area (Å²) in [7, 11) is 0. The summed E-state index contributed by atoms with van der Waals surface area (Å²) in [4.78, 5) is 2.72. The largest absolute Gasteiger partial charge is 0.312 e. The first-order valence-corrected chi connectivity index (χ1v) is 18.8. The zero-order valence-electron chi connectivity index (χ0n) is 30.7. The first-order chi connectivity index (χ1) is 25.3. The zero-order valence-corrected chi connectivity index (χ0v) is 30.7. The van der Waals surface area contributed by atoms with E-state index >= 15 is 0 Å². The van der Waals surface area contributed by atoms with Crippen molar-refractivity contribution >= 4 is 63.3 Å². The molecule has 7 aromatic carbocycles. The van der Waals surface area contributed by atoms with E-state index in [9.17, 15) is 0 Å². The van der Waals surface area contributed by atoms with Gasteiger partial charge >= 0.3 is 0 Å². The van der Waals surface area contributed by atoms with E-state index in [1.54, 1.807) is 0 Å². The van der Waals surface area contributed by atoms with Crippen molar-refractivity contribution in [1.29, 1.82) is 0 Å². The molecule has 0 saturated carbocycles. The molecule has 0 radical (unpaired) electrons. The fraction of sp³-hybridized carbons (Fsp3) is 0.143. The minimum Gasteiger partial charge on any atom is -0.312 e. The van der Waals surface area contributed by atoms with Crippen LogP contribution < -0.4 is 37.7 Å². The predicted octanol–water partition coefficient (Wildman–Crippen LogP) is 7.34. The molecule has 1 nitrogen and oxygen atoms in total. The number of fused-ring (bicyclic) bond motifs is 7. The molecule has 0 atom stereocenters. The molecule has 0 unspecified atom stereocenters. The molecule has 52 heavy (non-hydrogen) atoms. The number of hydrogen-bond acceptors (Lipinski definition) is 1. The Balaban J connectivity index is 1.36. The molecule has 0 saturated heterocycles. The molecule has 7 aromatic rings. The van der Waals surface area contributed by atoms with Gasteiger partial charge in [-0.2, -0.15) is 0 Å². The van der Waals surface area contributed by atoms with Gasteiger partial charge in [-0.3, -0.25) is 0 Å². The van der Waals surface area contributed by atoms with E-state index in [4.69, 9.17) is 0 Å². The Hall–Kier alpha value is -5.53. The van der Waals surface area contributed by atoms with Crippen molar-refractivity contribution < 1.29 is 0 Å². The highest BCUT2D eigenvalue weighted by Gasteiger charge is 2.56. The standard InChI is InChI=1S/C49H39B2N/c1-28-24-30(3)44(31(4)25-28)50-40-20-11-18-38-46(40)52-47-39(49(38)36-16-9-7-14-34(36)35-15-8-10-17-37(35)49)19-12-21-41(47)51(43-23-13-22-42(50)48(43)52)45-32(5)26-29(2)27-33(45)6/h7-27H,1-6H3. The first kappa shape index (κ1) is 30.1. The van der Waals surface area contributed by atoms with Gasteiger partial charge in [0, 0.05) is 17.1 Å². The molecule has 0 fully saturated rings. The van der Waals surface area contributed by atoms with E-state index in [0.717, 1.165) is 0 Å². The summed E-state index contributed by atoms with van der Waals surface area (Å²) in [6.07, 6.45) is 0. The molecule has 3 heteroatoms. The summed E-state index contributed by atoms with van der Waals surface area (Å²) >= 11 is 0. The summed E-state index contributed by atoms with van der Waals surface area (Å²) in [5, 5.41) is 0. The monoisotopic (exact) mass is 663 g/mol. The number of aryl methyl sites for hydroxylation is 6. The van der Waals surface area contributed by atoms with Gasteiger partial charge in [0.05, 0.1) is 5.41 Å². The van der Waals surface area contributed by atoms with Crippen LogP contribution in [0, 0.1) is 41.5 Å². The second-order valence-electron chi connectivity index (χ2n) is 15.9. The second-order valence-corrected chi connectivity index (χ2v) is 15.9. The van der Waals surface area contributed by atoms with E-state index in [-0.39, 0.29) is 13.4 Å². The van der Waals surface area contributed by atoms with Crippen LogP contribution in [0.15, 0.2) is 127 Å². The number of anilines is 3. The average molecular weight is 663 g/mol. The molecule has 1 aliphatic carbocycles. The van der Waals surface area contributed by atoms with Crippen molar-refractivity contribution in [3.63, 3.8) is 0 Å². The molecule has 4 aliphatic rings. The van der Waals surface area contributed by atoms with Gasteiger partial charge in [-0.05, 0) is 96.8 Å². The van der Waals surface area contributed by atoms with Crippen LogP contribution in [0.5, 0.6) is 0 Å². The lowest BCUT2D eigenvalue weighted by Gasteiger charge is -2.52. The fourth-order valence-corrected chi connectivity index (χ4v) is 11.5. The van der Waals surface area contributed by atoms with Crippen LogP contribution in [0.25, 0.3) is 11.1 Å². The maximum absolute atomic E-state index is 2.72. The normalized spacial score (nSPS) is 14.8. The van der Waals surface area contributed by atoms with Crippen LogP contribution in [-0.2, 0) is 5.41 Å². The van der Waals surface area contributed by atoms with E-state index in [1.807, 2.05) is 0 Å². The van der Waals surface area contributed by atoms with E-state index < -0.39 is 5.41 Å². The Labute approximate surface area is 308 Å². The van der Waals surface area contributed by atoms with Gasteiger partial charge in [-0.1, -0.05) is 172 Å². The van der Waals surface area contributed by atoms with Crippen molar-refractivity contribution in [2.75, 3.05) is 4.90 Å². The number of benzene rings is 7. The van der Waals surface area contributed by atoms with Gasteiger partial charge in [0.15, 0.2) is 0 Å². The lowest BCUT2D eigenvalue weighted by molar-refractivity contribution is 0.754. The van der Waals surface area contributed by atoms with Crippen molar-refractivity contribution in [3.05, 3.63) is 183 Å². The highest BCUT2D eigenvalue weighted by atomic mass is 15.2. The lowest BCUT2D eigenvalue weighted by Crippen LogP contribution is -2.67. The first-order valence-electron chi connectivity index (χ1n) is 18.8. The number of nitrogens with zero attached hydrogens (tertiary/aromatic N) is 1. The van der Waals surface area contributed by atoms with Crippen molar-refractivity contribution in [2.45, 2.75) is 47.0 Å². The van der Waals surface area contributed by atoms with Crippen LogP contribution in [-0.4, -0.2) is 13.4 Å². The van der Waals surface area contributed by atoms with Crippen LogP contribution in [0.4, 0.5) is 17.1 Å². The molecule has 246 valence electrons. The third-order valence-electron chi connectivity index (χ3n) is 13.0. The Kier molecular flexibility index (Phi) is 5.96. The van der Waals surface area contributed by atoms with Crippen LogP contribution >= 0.6 is 0 Å². The third-order valence-corrected chi connectivity index (χ3v) is 13.0. The fourth-order valence-electron chi connectivity index (χ4n) is 11.5. The minimum atomic E-state index is -0.450. The minimum absolute atomic E-state index is 0.110. The molecular formula is C49H39B2N. The zero-order chi connectivity index (χ0) is 35.2. The summed E-state index contributed by atoms with van der Waals surface area (Å²) in [5.41, 5.74) is 28.5. The average Bonchev–Trinajstić information content (AvgIpc) is 3.42.